The molecule has 3 aromatic rings. The molecule has 0 aliphatic carbocycles. The Kier molecular flexibility index (Phi) is 6.90. The number of rotatable bonds is 6. The van der Waals surface area contributed by atoms with Gasteiger partial charge in [0.25, 0.3) is 11.8 Å². The average Bonchev–Trinajstić information content (AvgIpc) is 2.82. The van der Waals surface area contributed by atoms with Crippen LogP contribution in [0.15, 0.2) is 84.9 Å². The third-order valence-electron chi connectivity index (χ3n) is 4.42. The second-order valence-corrected chi connectivity index (χ2v) is 6.60. The van der Waals surface area contributed by atoms with Crippen LogP contribution in [0.25, 0.3) is 0 Å². The molecular formula is C24H20N2O5. The predicted octanol–water partition coefficient (Wildman–Crippen LogP) is 2.92. The molecule has 0 saturated heterocycles. The number of carbonyl (C=O) groups is 4. The Balaban J connectivity index is 1.64. The molecule has 0 radical (unpaired) electrons. The standard InChI is InChI=1S/C24H20N2O5/c1-16(22(28)25-26-23(29)18-12-6-3-7-13-18)31-24(30)20-15-9-8-14-19(20)21(27)17-10-4-2-5-11-17/h2-16H,1H3,(H,25,28)(H,26,29)/t16-/m1/s1. The molecule has 3 aromatic carbocycles. The molecule has 0 spiro atoms. The zero-order valence-corrected chi connectivity index (χ0v) is 16.7. The first-order valence-electron chi connectivity index (χ1n) is 9.52. The van der Waals surface area contributed by atoms with Gasteiger partial charge in [-0.25, -0.2) is 4.79 Å². The first-order chi connectivity index (χ1) is 15.0. The van der Waals surface area contributed by atoms with Crippen molar-refractivity contribution in [3.63, 3.8) is 0 Å². The molecule has 0 aliphatic rings. The quantitative estimate of drug-likeness (QED) is 0.366. The molecular weight excluding hydrogens is 396 g/mol. The van der Waals surface area contributed by atoms with Crippen LogP contribution in [-0.4, -0.2) is 29.7 Å². The summed E-state index contributed by atoms with van der Waals surface area (Å²) in [5, 5.41) is 0. The number of esters is 1. The molecule has 7 heteroatoms. The van der Waals surface area contributed by atoms with Crippen LogP contribution in [0.1, 0.15) is 43.6 Å². The molecule has 7 nitrogen and oxygen atoms in total. The number of ketones is 1. The number of hydrazine groups is 1. The van der Waals surface area contributed by atoms with Gasteiger partial charge in [-0.15, -0.1) is 0 Å². The molecule has 3 rings (SSSR count). The van der Waals surface area contributed by atoms with Gasteiger partial charge in [-0.2, -0.15) is 0 Å². The number of nitrogens with one attached hydrogen (secondary N) is 2. The normalized spacial score (nSPS) is 11.1. The van der Waals surface area contributed by atoms with E-state index in [9.17, 15) is 19.2 Å². The van der Waals surface area contributed by atoms with Crippen LogP contribution < -0.4 is 10.9 Å². The fourth-order valence-corrected chi connectivity index (χ4v) is 2.76. The minimum Gasteiger partial charge on any atom is -0.449 e. The van der Waals surface area contributed by atoms with Crippen LogP contribution in [0.3, 0.4) is 0 Å². The van der Waals surface area contributed by atoms with Crippen molar-refractivity contribution in [1.29, 1.82) is 0 Å². The highest BCUT2D eigenvalue weighted by atomic mass is 16.5. The SMILES string of the molecule is C[C@@H](OC(=O)c1ccccc1C(=O)c1ccccc1)C(=O)NNC(=O)c1ccccc1. The lowest BCUT2D eigenvalue weighted by Gasteiger charge is -2.15. The third kappa shape index (κ3) is 5.42. The van der Waals surface area contributed by atoms with Gasteiger partial charge in [-0.1, -0.05) is 66.7 Å². The van der Waals surface area contributed by atoms with E-state index >= 15 is 0 Å². The van der Waals surface area contributed by atoms with Gasteiger partial charge in [-0.3, -0.25) is 25.2 Å². The zero-order chi connectivity index (χ0) is 22.2. The van der Waals surface area contributed by atoms with Gasteiger partial charge in [0.1, 0.15) is 0 Å². The molecule has 0 aliphatic heterocycles. The molecule has 0 saturated carbocycles. The number of amides is 2. The molecule has 0 heterocycles. The van der Waals surface area contributed by atoms with Crippen molar-refractivity contribution < 1.29 is 23.9 Å². The van der Waals surface area contributed by atoms with Gasteiger partial charge in [0.15, 0.2) is 11.9 Å². The maximum Gasteiger partial charge on any atom is 0.339 e. The Morgan fingerprint density at radius 3 is 1.81 bits per heavy atom. The van der Waals surface area contributed by atoms with E-state index in [1.54, 1.807) is 72.8 Å². The van der Waals surface area contributed by atoms with Crippen LogP contribution >= 0.6 is 0 Å². The van der Waals surface area contributed by atoms with E-state index in [0.717, 1.165) is 0 Å². The monoisotopic (exact) mass is 416 g/mol. The van der Waals surface area contributed by atoms with E-state index in [-0.39, 0.29) is 16.9 Å². The van der Waals surface area contributed by atoms with Gasteiger partial charge >= 0.3 is 5.97 Å². The summed E-state index contributed by atoms with van der Waals surface area (Å²) >= 11 is 0. The van der Waals surface area contributed by atoms with Gasteiger partial charge < -0.3 is 4.74 Å². The molecule has 31 heavy (non-hydrogen) atoms. The van der Waals surface area contributed by atoms with Crippen molar-refractivity contribution in [1.82, 2.24) is 10.9 Å². The highest BCUT2D eigenvalue weighted by Gasteiger charge is 2.23. The predicted molar refractivity (Wildman–Crippen MR) is 113 cm³/mol. The maximum atomic E-state index is 12.8. The summed E-state index contributed by atoms with van der Waals surface area (Å²) in [6.45, 7) is 1.36. The smallest absolute Gasteiger partial charge is 0.339 e. The molecule has 0 bridgehead atoms. The largest absolute Gasteiger partial charge is 0.449 e. The lowest BCUT2D eigenvalue weighted by Crippen LogP contribution is -2.46. The van der Waals surface area contributed by atoms with Crippen molar-refractivity contribution >= 4 is 23.6 Å². The van der Waals surface area contributed by atoms with E-state index in [1.165, 1.54) is 19.1 Å². The van der Waals surface area contributed by atoms with Gasteiger partial charge in [0, 0.05) is 16.7 Å². The van der Waals surface area contributed by atoms with Crippen molar-refractivity contribution in [3.8, 4) is 0 Å². The number of hydrogen-bond donors (Lipinski definition) is 2. The van der Waals surface area contributed by atoms with Crippen molar-refractivity contribution in [2.24, 2.45) is 0 Å². The van der Waals surface area contributed by atoms with Crippen molar-refractivity contribution in [2.45, 2.75) is 13.0 Å². The zero-order valence-electron chi connectivity index (χ0n) is 16.7. The summed E-state index contributed by atoms with van der Waals surface area (Å²) in [5.41, 5.74) is 5.48. The second-order valence-electron chi connectivity index (χ2n) is 6.60. The van der Waals surface area contributed by atoms with Crippen LogP contribution in [-0.2, 0) is 9.53 Å². The Hall–Kier alpha value is -4.26. The van der Waals surface area contributed by atoms with Crippen LogP contribution in [0.5, 0.6) is 0 Å². The third-order valence-corrected chi connectivity index (χ3v) is 4.42. The van der Waals surface area contributed by atoms with Crippen molar-refractivity contribution in [2.75, 3.05) is 0 Å². The molecule has 0 unspecified atom stereocenters. The Labute approximate surface area is 179 Å². The van der Waals surface area contributed by atoms with Crippen LogP contribution in [0.2, 0.25) is 0 Å². The van der Waals surface area contributed by atoms with E-state index in [2.05, 4.69) is 10.9 Å². The molecule has 0 aromatic heterocycles. The Morgan fingerprint density at radius 1 is 0.677 bits per heavy atom. The number of hydrogen-bond acceptors (Lipinski definition) is 5. The minimum absolute atomic E-state index is 0.0457. The van der Waals surface area contributed by atoms with E-state index in [1.807, 2.05) is 0 Å². The topological polar surface area (TPSA) is 102 Å². The lowest BCUT2D eigenvalue weighted by atomic mass is 9.98. The summed E-state index contributed by atoms with van der Waals surface area (Å²) < 4.78 is 5.21. The summed E-state index contributed by atoms with van der Waals surface area (Å²) in [7, 11) is 0. The molecule has 156 valence electrons. The average molecular weight is 416 g/mol. The maximum absolute atomic E-state index is 12.8. The first-order valence-corrected chi connectivity index (χ1v) is 9.52. The van der Waals surface area contributed by atoms with Crippen LogP contribution in [0.4, 0.5) is 0 Å². The number of benzene rings is 3. The van der Waals surface area contributed by atoms with Gasteiger partial charge in [-0.05, 0) is 25.1 Å². The first kappa shape index (κ1) is 21.4. The molecule has 0 fully saturated rings. The highest BCUT2D eigenvalue weighted by Crippen LogP contribution is 2.16. The molecule has 1 atom stereocenters. The Morgan fingerprint density at radius 2 is 1.19 bits per heavy atom. The second kappa shape index (κ2) is 9.98. The fraction of sp³-hybridized carbons (Fsp3) is 0.0833. The summed E-state index contributed by atoms with van der Waals surface area (Å²) in [6, 6.07) is 23.1. The highest BCUT2D eigenvalue weighted by molar-refractivity contribution is 6.14. The minimum atomic E-state index is -1.21. The lowest BCUT2D eigenvalue weighted by molar-refractivity contribution is -0.129. The molecule has 2 amide bonds. The van der Waals surface area contributed by atoms with E-state index in [4.69, 9.17) is 4.74 Å². The van der Waals surface area contributed by atoms with Crippen molar-refractivity contribution in [3.05, 3.63) is 107 Å². The molecule has 2 N–H and O–H groups in total. The Bertz CT molecular complexity index is 1100. The van der Waals surface area contributed by atoms with E-state index in [0.29, 0.717) is 11.1 Å². The fourth-order valence-electron chi connectivity index (χ4n) is 2.76. The summed E-state index contributed by atoms with van der Waals surface area (Å²) in [6.07, 6.45) is -1.21. The number of carbonyl (C=O) groups excluding carboxylic acids is 4. The van der Waals surface area contributed by atoms with Gasteiger partial charge in [0.05, 0.1) is 5.56 Å². The van der Waals surface area contributed by atoms with Gasteiger partial charge in [0.2, 0.25) is 0 Å². The summed E-state index contributed by atoms with van der Waals surface area (Å²) in [5.74, 6) is -2.38. The number of ether oxygens (including phenoxy) is 1. The van der Waals surface area contributed by atoms with Crippen LogP contribution in [0, 0.1) is 0 Å². The summed E-state index contributed by atoms with van der Waals surface area (Å²) in [4.78, 5) is 49.6. The van der Waals surface area contributed by atoms with E-state index < -0.39 is 23.9 Å².